The highest BCUT2D eigenvalue weighted by Gasteiger charge is 2.42. The Morgan fingerprint density at radius 2 is 1.81 bits per heavy atom. The lowest BCUT2D eigenvalue weighted by molar-refractivity contribution is -0.143. The van der Waals surface area contributed by atoms with Crippen LogP contribution in [0.25, 0.3) is 0 Å². The second-order valence-corrected chi connectivity index (χ2v) is 4.42. The van der Waals surface area contributed by atoms with Crippen LogP contribution < -0.4 is 0 Å². The molecule has 0 atom stereocenters. The molecule has 3 heteroatoms. The van der Waals surface area contributed by atoms with Crippen LogP contribution in [0.2, 0.25) is 0 Å². The van der Waals surface area contributed by atoms with Crippen molar-refractivity contribution >= 4 is 5.97 Å². The molecule has 2 nitrogen and oxygen atoms in total. The van der Waals surface area contributed by atoms with Crippen molar-refractivity contribution < 1.29 is 14.3 Å². The van der Waals surface area contributed by atoms with Gasteiger partial charge in [-0.3, -0.25) is 4.79 Å². The molecule has 0 bridgehead atoms. The molecule has 1 aromatic carbocycles. The molecule has 0 aliphatic heterocycles. The summed E-state index contributed by atoms with van der Waals surface area (Å²) in [7, 11) is 0. The fourth-order valence-electron chi connectivity index (χ4n) is 2.52. The molecule has 1 aliphatic rings. The molecule has 1 saturated carbocycles. The summed E-state index contributed by atoms with van der Waals surface area (Å²) in [4.78, 5) is 11.4. The van der Waals surface area contributed by atoms with Gasteiger partial charge in [0.2, 0.25) is 0 Å². The minimum absolute atomic E-state index is 0.500. The lowest BCUT2D eigenvalue weighted by Crippen LogP contribution is -2.32. The van der Waals surface area contributed by atoms with Gasteiger partial charge < -0.3 is 5.11 Å². The smallest absolute Gasteiger partial charge is 0.314 e. The third kappa shape index (κ3) is 1.70. The Bertz CT molecular complexity index is 377. The average Bonchev–Trinajstić information content (AvgIpc) is 2.79. The summed E-state index contributed by atoms with van der Waals surface area (Å²) in [5.41, 5.74) is 0.687. The maximum atomic E-state index is 12.4. The van der Waals surface area contributed by atoms with Crippen LogP contribution >= 0.6 is 0 Å². The van der Waals surface area contributed by atoms with Crippen molar-refractivity contribution in [2.75, 3.05) is 0 Å². The van der Waals surface area contributed by atoms with Crippen molar-refractivity contribution in [1.29, 1.82) is 0 Å². The Balaban J connectivity index is 2.36. The number of rotatable bonds is 3. The molecular weight excluding hydrogens is 207 g/mol. The van der Waals surface area contributed by atoms with E-state index < -0.39 is 18.1 Å². The van der Waals surface area contributed by atoms with Crippen LogP contribution in [0.4, 0.5) is 4.39 Å². The second kappa shape index (κ2) is 4.24. The van der Waals surface area contributed by atoms with Crippen LogP contribution in [-0.2, 0) is 16.9 Å². The summed E-state index contributed by atoms with van der Waals surface area (Å²) in [5.74, 6) is -0.752. The lowest BCUT2D eigenvalue weighted by atomic mass is 9.79. The van der Waals surface area contributed by atoms with Crippen molar-refractivity contribution in [2.24, 2.45) is 0 Å². The highest BCUT2D eigenvalue weighted by molar-refractivity contribution is 5.81. The Morgan fingerprint density at radius 1 is 1.25 bits per heavy atom. The minimum atomic E-state index is -0.752. The molecule has 0 amide bonds. The number of hydrogen-bond donors (Lipinski definition) is 1. The zero-order valence-electron chi connectivity index (χ0n) is 9.08. The predicted molar refractivity (Wildman–Crippen MR) is 59.0 cm³/mol. The third-order valence-electron chi connectivity index (χ3n) is 3.53. The summed E-state index contributed by atoms with van der Waals surface area (Å²) in [5, 5.41) is 9.37. The fourth-order valence-corrected chi connectivity index (χ4v) is 2.52. The summed E-state index contributed by atoms with van der Waals surface area (Å²) in [6.07, 6.45) is 3.29. The fraction of sp³-hybridized carbons (Fsp3) is 0.462. The second-order valence-electron chi connectivity index (χ2n) is 4.42. The zero-order chi connectivity index (χ0) is 11.6. The van der Waals surface area contributed by atoms with E-state index in [1.807, 2.05) is 0 Å². The van der Waals surface area contributed by atoms with Crippen molar-refractivity contribution in [3.8, 4) is 0 Å². The van der Waals surface area contributed by atoms with Gasteiger partial charge in [0.25, 0.3) is 0 Å². The van der Waals surface area contributed by atoms with Gasteiger partial charge in [0.05, 0.1) is 5.41 Å². The van der Waals surface area contributed by atoms with E-state index in [-0.39, 0.29) is 0 Å². The van der Waals surface area contributed by atoms with Crippen molar-refractivity contribution in [1.82, 2.24) is 0 Å². The van der Waals surface area contributed by atoms with E-state index >= 15 is 0 Å². The van der Waals surface area contributed by atoms with E-state index in [0.717, 1.165) is 18.4 Å². The molecule has 0 saturated heterocycles. The van der Waals surface area contributed by atoms with Gasteiger partial charge in [-0.2, -0.15) is 0 Å². The molecule has 0 spiro atoms. The zero-order valence-corrected chi connectivity index (χ0v) is 9.08. The molecule has 2 rings (SSSR count). The highest BCUT2D eigenvalue weighted by Crippen LogP contribution is 2.41. The first-order valence-electron chi connectivity index (χ1n) is 5.58. The standard InChI is InChI=1S/C13H15FO2/c14-9-10-3-5-11(6-4-10)13(12(15)16)7-1-2-8-13/h3-6H,1-2,7-9H2,(H,15,16). The number of alkyl halides is 1. The quantitative estimate of drug-likeness (QED) is 0.853. The molecule has 0 heterocycles. The van der Waals surface area contributed by atoms with E-state index in [2.05, 4.69) is 0 Å². The van der Waals surface area contributed by atoms with Gasteiger partial charge in [-0.25, -0.2) is 4.39 Å². The maximum Gasteiger partial charge on any atom is 0.314 e. The Kier molecular flexibility index (Phi) is 2.95. The number of carboxylic acid groups (broad SMARTS) is 1. The van der Waals surface area contributed by atoms with Gasteiger partial charge >= 0.3 is 5.97 Å². The third-order valence-corrected chi connectivity index (χ3v) is 3.53. The van der Waals surface area contributed by atoms with Gasteiger partial charge in [-0.1, -0.05) is 37.1 Å². The normalized spacial score (nSPS) is 18.6. The van der Waals surface area contributed by atoms with Crippen LogP contribution in [0.5, 0.6) is 0 Å². The van der Waals surface area contributed by atoms with Crippen molar-refractivity contribution in [3.05, 3.63) is 35.4 Å². The summed E-state index contributed by atoms with van der Waals surface area (Å²) >= 11 is 0. The van der Waals surface area contributed by atoms with Crippen LogP contribution in [0.15, 0.2) is 24.3 Å². The van der Waals surface area contributed by atoms with Crippen LogP contribution in [0, 0.1) is 0 Å². The molecule has 16 heavy (non-hydrogen) atoms. The molecule has 0 aromatic heterocycles. The van der Waals surface area contributed by atoms with E-state index in [9.17, 15) is 14.3 Å². The largest absolute Gasteiger partial charge is 0.481 e. The lowest BCUT2D eigenvalue weighted by Gasteiger charge is -2.24. The van der Waals surface area contributed by atoms with Crippen molar-refractivity contribution in [2.45, 2.75) is 37.8 Å². The van der Waals surface area contributed by atoms with Gasteiger partial charge in [0.15, 0.2) is 0 Å². The van der Waals surface area contributed by atoms with E-state index in [0.29, 0.717) is 18.4 Å². The first kappa shape index (κ1) is 11.1. The number of hydrogen-bond acceptors (Lipinski definition) is 1. The van der Waals surface area contributed by atoms with Gasteiger partial charge in [-0.05, 0) is 24.0 Å². The summed E-state index contributed by atoms with van der Waals surface area (Å²) < 4.78 is 12.4. The minimum Gasteiger partial charge on any atom is -0.481 e. The summed E-state index contributed by atoms with van der Waals surface area (Å²) in [6, 6.07) is 6.87. The first-order chi connectivity index (χ1) is 7.69. The number of benzene rings is 1. The summed E-state index contributed by atoms with van der Waals surface area (Å²) in [6.45, 7) is -0.500. The maximum absolute atomic E-state index is 12.4. The topological polar surface area (TPSA) is 37.3 Å². The molecule has 0 radical (unpaired) electrons. The SMILES string of the molecule is O=C(O)C1(c2ccc(CF)cc2)CCCC1. The molecule has 0 unspecified atom stereocenters. The average molecular weight is 222 g/mol. The number of halogens is 1. The highest BCUT2D eigenvalue weighted by atomic mass is 19.1. The number of carboxylic acids is 1. The van der Waals surface area contributed by atoms with E-state index in [1.54, 1.807) is 24.3 Å². The molecule has 1 fully saturated rings. The molecule has 1 N–H and O–H groups in total. The van der Waals surface area contributed by atoms with Crippen LogP contribution in [0.1, 0.15) is 36.8 Å². The Labute approximate surface area is 94.1 Å². The monoisotopic (exact) mass is 222 g/mol. The van der Waals surface area contributed by atoms with Gasteiger partial charge in [0, 0.05) is 0 Å². The molecule has 86 valence electrons. The van der Waals surface area contributed by atoms with Crippen molar-refractivity contribution in [3.63, 3.8) is 0 Å². The predicted octanol–water partition coefficient (Wildman–Crippen LogP) is 3.05. The molecular formula is C13H15FO2. The van der Waals surface area contributed by atoms with Crippen LogP contribution in [-0.4, -0.2) is 11.1 Å². The van der Waals surface area contributed by atoms with E-state index in [4.69, 9.17) is 0 Å². The molecule has 1 aromatic rings. The number of aliphatic carboxylic acids is 1. The Hall–Kier alpha value is -1.38. The molecule has 1 aliphatic carbocycles. The first-order valence-corrected chi connectivity index (χ1v) is 5.58. The van der Waals surface area contributed by atoms with Crippen LogP contribution in [0.3, 0.4) is 0 Å². The van der Waals surface area contributed by atoms with Gasteiger partial charge in [-0.15, -0.1) is 0 Å². The van der Waals surface area contributed by atoms with E-state index in [1.165, 1.54) is 0 Å². The Morgan fingerprint density at radius 3 is 2.25 bits per heavy atom. The van der Waals surface area contributed by atoms with Gasteiger partial charge in [0.1, 0.15) is 6.67 Å². The number of carbonyl (C=O) groups is 1.